The molecule has 2 heterocycles. The third-order valence-corrected chi connectivity index (χ3v) is 6.11. The molecule has 0 saturated carbocycles. The number of carbonyl (C=O) groups excluding carboxylic acids is 1. The maximum atomic E-state index is 13.6. The largest absolute Gasteiger partial charge is 0.397 e. The molecule has 196 valence electrons. The number of amides is 1. The molecule has 1 saturated heterocycles. The zero-order chi connectivity index (χ0) is 26.4. The van der Waals surface area contributed by atoms with Crippen LogP contribution in [0.15, 0.2) is 42.9 Å². The summed E-state index contributed by atoms with van der Waals surface area (Å²) in [5, 5.41) is 21.4. The summed E-state index contributed by atoms with van der Waals surface area (Å²) in [4.78, 5) is 18.0. The molecule has 1 amide bonds. The Morgan fingerprint density at radius 2 is 1.86 bits per heavy atom. The fraction of sp³-hybridized carbons (Fsp3) is 0.417. The van der Waals surface area contributed by atoms with Crippen LogP contribution in [0.1, 0.15) is 35.2 Å². The quantitative estimate of drug-likeness (QED) is 0.226. The molecular weight excluding hydrogens is 479 g/mol. The Kier molecular flexibility index (Phi) is 9.26. The Balaban J connectivity index is 1.63. The van der Waals surface area contributed by atoms with Crippen molar-refractivity contribution in [3.05, 3.63) is 71.4 Å². The number of nitrogens with zero attached hydrogens (tertiary/aromatic N) is 3. The van der Waals surface area contributed by atoms with E-state index in [1.165, 1.54) is 6.20 Å². The van der Waals surface area contributed by atoms with E-state index >= 15 is 0 Å². The molecule has 0 bridgehead atoms. The molecule has 12 heteroatoms. The summed E-state index contributed by atoms with van der Waals surface area (Å²) in [7, 11) is 1.68. The molecule has 4 atom stereocenters. The zero-order valence-electron chi connectivity index (χ0n) is 19.7. The Morgan fingerprint density at radius 3 is 2.47 bits per heavy atom. The summed E-state index contributed by atoms with van der Waals surface area (Å²) >= 11 is 0. The molecule has 6 N–H and O–H groups in total. The van der Waals surface area contributed by atoms with Crippen LogP contribution < -0.4 is 11.6 Å². The number of aromatic nitrogens is 1. The number of aliphatic hydroxyl groups excluding tert-OH is 2. The second-order valence-electron chi connectivity index (χ2n) is 8.66. The van der Waals surface area contributed by atoms with E-state index < -0.39 is 48.4 Å². The minimum absolute atomic E-state index is 0.124. The molecule has 1 aliphatic rings. The number of hydrazine groups is 1. The average Bonchev–Trinajstić information content (AvgIpc) is 2.87. The summed E-state index contributed by atoms with van der Waals surface area (Å²) in [5.41, 5.74) is 6.15. The lowest BCUT2D eigenvalue weighted by Gasteiger charge is -2.42. The van der Waals surface area contributed by atoms with Gasteiger partial charge in [-0.2, -0.15) is 0 Å². The molecule has 0 spiro atoms. The van der Waals surface area contributed by atoms with Gasteiger partial charge in [0.15, 0.2) is 17.5 Å². The Labute approximate surface area is 206 Å². The van der Waals surface area contributed by atoms with Gasteiger partial charge < -0.3 is 30.6 Å². The SMILES string of the molecule is CN(CCCC1CC(N(N)/C=C(\N)c2cc(F)c(F)c(F)c2)C(O)C(CO)O1)C(=O)c1ccncc1. The summed E-state index contributed by atoms with van der Waals surface area (Å²) in [6, 6.07) is 3.99. The van der Waals surface area contributed by atoms with Crippen molar-refractivity contribution in [2.24, 2.45) is 11.6 Å². The first-order valence-corrected chi connectivity index (χ1v) is 11.4. The molecular formula is C24H30F3N5O4. The van der Waals surface area contributed by atoms with E-state index in [0.29, 0.717) is 24.9 Å². The van der Waals surface area contributed by atoms with Gasteiger partial charge in [-0.3, -0.25) is 9.78 Å². The number of ether oxygens (including phenoxy) is 1. The minimum atomic E-state index is -1.61. The van der Waals surface area contributed by atoms with Crippen molar-refractivity contribution in [2.75, 3.05) is 20.2 Å². The highest BCUT2D eigenvalue weighted by Crippen LogP contribution is 2.27. The summed E-state index contributed by atoms with van der Waals surface area (Å²) in [5.74, 6) is 1.54. The Bertz CT molecular complexity index is 1050. The predicted molar refractivity (Wildman–Crippen MR) is 125 cm³/mol. The highest BCUT2D eigenvalue weighted by molar-refractivity contribution is 5.93. The molecule has 2 aromatic rings. The number of hydrogen-bond acceptors (Lipinski definition) is 8. The van der Waals surface area contributed by atoms with Gasteiger partial charge in [-0.25, -0.2) is 19.0 Å². The number of aliphatic hydroxyl groups is 2. The first-order chi connectivity index (χ1) is 17.1. The second kappa shape index (κ2) is 12.2. The highest BCUT2D eigenvalue weighted by Gasteiger charge is 2.39. The summed E-state index contributed by atoms with van der Waals surface area (Å²) < 4.78 is 46.2. The van der Waals surface area contributed by atoms with Crippen molar-refractivity contribution >= 4 is 11.6 Å². The lowest BCUT2D eigenvalue weighted by Crippen LogP contribution is -2.57. The van der Waals surface area contributed by atoms with E-state index in [9.17, 15) is 28.2 Å². The molecule has 0 radical (unpaired) electrons. The molecule has 1 fully saturated rings. The van der Waals surface area contributed by atoms with E-state index in [-0.39, 0.29) is 23.6 Å². The van der Waals surface area contributed by atoms with Gasteiger partial charge in [0.1, 0.15) is 12.2 Å². The Hall–Kier alpha value is -3.19. The third-order valence-electron chi connectivity index (χ3n) is 6.11. The number of benzene rings is 1. The van der Waals surface area contributed by atoms with E-state index in [1.807, 2.05) is 0 Å². The lowest BCUT2D eigenvalue weighted by molar-refractivity contribution is -0.163. The number of pyridine rings is 1. The normalized spacial score (nSPS) is 22.4. The lowest BCUT2D eigenvalue weighted by atomic mass is 9.93. The van der Waals surface area contributed by atoms with Gasteiger partial charge in [-0.1, -0.05) is 0 Å². The van der Waals surface area contributed by atoms with Crippen LogP contribution in [0.3, 0.4) is 0 Å². The fourth-order valence-corrected chi connectivity index (χ4v) is 4.10. The van der Waals surface area contributed by atoms with Crippen molar-refractivity contribution < 1.29 is 32.9 Å². The third kappa shape index (κ3) is 6.52. The first-order valence-electron chi connectivity index (χ1n) is 11.4. The molecule has 0 aliphatic carbocycles. The predicted octanol–water partition coefficient (Wildman–Crippen LogP) is 1.36. The number of halogens is 3. The van der Waals surface area contributed by atoms with Gasteiger partial charge in [0.25, 0.3) is 5.91 Å². The molecule has 9 nitrogen and oxygen atoms in total. The van der Waals surface area contributed by atoms with Crippen LogP contribution in [0.2, 0.25) is 0 Å². The van der Waals surface area contributed by atoms with Crippen LogP contribution >= 0.6 is 0 Å². The van der Waals surface area contributed by atoms with Crippen molar-refractivity contribution in [3.8, 4) is 0 Å². The van der Waals surface area contributed by atoms with E-state index in [1.54, 1.807) is 36.5 Å². The monoisotopic (exact) mass is 509 g/mol. The van der Waals surface area contributed by atoms with Crippen molar-refractivity contribution in [3.63, 3.8) is 0 Å². The average molecular weight is 510 g/mol. The van der Waals surface area contributed by atoms with Gasteiger partial charge in [0, 0.05) is 43.3 Å². The maximum absolute atomic E-state index is 13.6. The van der Waals surface area contributed by atoms with Gasteiger partial charge >= 0.3 is 0 Å². The van der Waals surface area contributed by atoms with Crippen LogP contribution in [-0.4, -0.2) is 75.6 Å². The topological polar surface area (TPSA) is 138 Å². The van der Waals surface area contributed by atoms with Crippen molar-refractivity contribution in [2.45, 2.75) is 43.6 Å². The molecule has 1 aromatic carbocycles. The molecule has 3 rings (SSSR count). The maximum Gasteiger partial charge on any atom is 0.253 e. The van der Waals surface area contributed by atoms with E-state index in [0.717, 1.165) is 17.1 Å². The fourth-order valence-electron chi connectivity index (χ4n) is 4.10. The number of hydrogen-bond donors (Lipinski definition) is 4. The Morgan fingerprint density at radius 1 is 1.22 bits per heavy atom. The number of rotatable bonds is 9. The number of nitrogens with two attached hydrogens (primary N) is 2. The standard InChI is InChI=1S/C24H30F3N5O4/c1-31(24(35)14-4-6-30-7-5-14)8-2-3-16-11-20(23(34)21(13-33)36-16)32(29)12-19(28)15-9-17(25)22(27)18(26)10-15/h4-7,9-10,12,16,20-21,23,33-34H,2-3,8,11,13,28-29H2,1H3/b19-12-. The van der Waals surface area contributed by atoms with Crippen LogP contribution in [-0.2, 0) is 4.74 Å². The minimum Gasteiger partial charge on any atom is -0.397 e. The smallest absolute Gasteiger partial charge is 0.253 e. The zero-order valence-corrected chi connectivity index (χ0v) is 19.7. The van der Waals surface area contributed by atoms with Gasteiger partial charge in [-0.05, 0) is 43.5 Å². The summed E-state index contributed by atoms with van der Waals surface area (Å²) in [6.07, 6.45) is 3.10. The van der Waals surface area contributed by atoms with Crippen LogP contribution in [0.5, 0.6) is 0 Å². The molecule has 1 aliphatic heterocycles. The van der Waals surface area contributed by atoms with E-state index in [4.69, 9.17) is 16.3 Å². The number of carbonyl (C=O) groups is 1. The molecule has 1 aromatic heterocycles. The van der Waals surface area contributed by atoms with Crippen molar-refractivity contribution in [1.29, 1.82) is 0 Å². The van der Waals surface area contributed by atoms with Gasteiger partial charge in [-0.15, -0.1) is 0 Å². The van der Waals surface area contributed by atoms with Crippen molar-refractivity contribution in [1.82, 2.24) is 14.9 Å². The van der Waals surface area contributed by atoms with Crippen LogP contribution in [0, 0.1) is 17.5 Å². The highest BCUT2D eigenvalue weighted by atomic mass is 19.2. The van der Waals surface area contributed by atoms with E-state index in [2.05, 4.69) is 4.98 Å². The van der Waals surface area contributed by atoms with Crippen LogP contribution in [0.25, 0.3) is 5.70 Å². The van der Waals surface area contributed by atoms with Gasteiger partial charge in [0.2, 0.25) is 0 Å². The molecule has 36 heavy (non-hydrogen) atoms. The van der Waals surface area contributed by atoms with Crippen LogP contribution in [0.4, 0.5) is 13.2 Å². The van der Waals surface area contributed by atoms with Gasteiger partial charge in [0.05, 0.1) is 24.4 Å². The second-order valence-corrected chi connectivity index (χ2v) is 8.66. The first kappa shape index (κ1) is 27.4. The molecule has 4 unspecified atom stereocenters. The summed E-state index contributed by atoms with van der Waals surface area (Å²) in [6.45, 7) is -0.0189.